The van der Waals surface area contributed by atoms with E-state index >= 15 is 0 Å². The van der Waals surface area contributed by atoms with Gasteiger partial charge in [-0.05, 0) is 18.7 Å². The van der Waals surface area contributed by atoms with Gasteiger partial charge in [0, 0.05) is 30.5 Å². The smallest absolute Gasteiger partial charge is 0.294 e. The Labute approximate surface area is 132 Å². The number of hydrogen-bond donors (Lipinski definition) is 2. The van der Waals surface area contributed by atoms with Crippen molar-refractivity contribution < 1.29 is 9.72 Å². The molecule has 0 radical (unpaired) electrons. The van der Waals surface area contributed by atoms with Crippen molar-refractivity contribution in [1.29, 1.82) is 0 Å². The molecule has 1 aromatic rings. The van der Waals surface area contributed by atoms with Crippen molar-refractivity contribution >= 4 is 40.6 Å². The number of nitrogens with one attached hydrogen (secondary N) is 2. The number of anilines is 1. The number of nitrogens with zero attached hydrogens (tertiary/aromatic N) is 1. The molecule has 0 spiro atoms. The lowest BCUT2D eigenvalue weighted by Gasteiger charge is -2.14. The Morgan fingerprint density at radius 3 is 2.71 bits per heavy atom. The minimum atomic E-state index is -0.565. The molecule has 0 aromatic heterocycles. The zero-order chi connectivity index (χ0) is 16.0. The lowest BCUT2D eigenvalue weighted by molar-refractivity contribution is -0.383. The Balaban J connectivity index is 2.98. The molecule has 116 valence electrons. The van der Waals surface area contributed by atoms with Gasteiger partial charge < -0.3 is 10.6 Å². The van der Waals surface area contributed by atoms with Crippen molar-refractivity contribution in [2.45, 2.75) is 19.9 Å². The van der Waals surface area contributed by atoms with Crippen LogP contribution in [0.4, 0.5) is 11.4 Å². The summed E-state index contributed by atoms with van der Waals surface area (Å²) in [5.41, 5.74) is 0.164. The van der Waals surface area contributed by atoms with Crippen LogP contribution in [0, 0.1) is 10.1 Å². The molecule has 0 bridgehead atoms. The SMILES string of the molecule is CCSCC(C)NC(=O)c1cc(Cl)c(NC)c([N+](=O)[O-])c1. The molecule has 0 saturated heterocycles. The van der Waals surface area contributed by atoms with Gasteiger partial charge in [0.05, 0.1) is 9.95 Å². The summed E-state index contributed by atoms with van der Waals surface area (Å²) >= 11 is 7.70. The van der Waals surface area contributed by atoms with E-state index in [1.165, 1.54) is 19.2 Å². The van der Waals surface area contributed by atoms with E-state index in [9.17, 15) is 14.9 Å². The molecule has 0 heterocycles. The van der Waals surface area contributed by atoms with Crippen LogP contribution in [0.1, 0.15) is 24.2 Å². The fourth-order valence-electron chi connectivity index (χ4n) is 1.76. The highest BCUT2D eigenvalue weighted by atomic mass is 35.5. The maximum Gasteiger partial charge on any atom is 0.294 e. The van der Waals surface area contributed by atoms with Crippen LogP contribution in [0.5, 0.6) is 0 Å². The summed E-state index contributed by atoms with van der Waals surface area (Å²) in [6.07, 6.45) is 0. The average molecular weight is 332 g/mol. The predicted octanol–water partition coefficient (Wildman–Crippen LogP) is 3.16. The van der Waals surface area contributed by atoms with E-state index < -0.39 is 4.92 Å². The summed E-state index contributed by atoms with van der Waals surface area (Å²) in [5.74, 6) is 1.38. The highest BCUT2D eigenvalue weighted by Gasteiger charge is 2.21. The Morgan fingerprint density at radius 2 is 2.19 bits per heavy atom. The summed E-state index contributed by atoms with van der Waals surface area (Å²) in [6, 6.07) is 2.63. The number of nitro benzene ring substituents is 1. The minimum absolute atomic E-state index is 0.0238. The van der Waals surface area contributed by atoms with Crippen LogP contribution < -0.4 is 10.6 Å². The van der Waals surface area contributed by atoms with E-state index in [0.29, 0.717) is 0 Å². The number of halogens is 1. The van der Waals surface area contributed by atoms with Gasteiger partial charge in [-0.1, -0.05) is 18.5 Å². The highest BCUT2D eigenvalue weighted by Crippen LogP contribution is 2.33. The summed E-state index contributed by atoms with van der Waals surface area (Å²) in [6.45, 7) is 3.93. The third-order valence-electron chi connectivity index (χ3n) is 2.73. The normalized spacial score (nSPS) is 11.8. The maximum atomic E-state index is 12.1. The number of carbonyl (C=O) groups excluding carboxylic acids is 1. The van der Waals surface area contributed by atoms with Gasteiger partial charge in [-0.3, -0.25) is 14.9 Å². The highest BCUT2D eigenvalue weighted by molar-refractivity contribution is 7.99. The summed E-state index contributed by atoms with van der Waals surface area (Å²) in [5, 5.41) is 16.7. The van der Waals surface area contributed by atoms with Gasteiger partial charge in [0.1, 0.15) is 5.69 Å². The van der Waals surface area contributed by atoms with Gasteiger partial charge in [0.2, 0.25) is 0 Å². The average Bonchev–Trinajstić information content (AvgIpc) is 2.43. The number of rotatable bonds is 7. The fraction of sp³-hybridized carbons (Fsp3) is 0.462. The number of amides is 1. The molecule has 6 nitrogen and oxygen atoms in total. The molecule has 0 saturated carbocycles. The first-order chi connectivity index (χ1) is 9.90. The van der Waals surface area contributed by atoms with Crippen molar-refractivity contribution in [3.05, 3.63) is 32.8 Å². The molecular formula is C13H18ClN3O3S. The quantitative estimate of drug-likeness (QED) is 0.592. The monoisotopic (exact) mass is 331 g/mol. The second kappa shape index (κ2) is 8.09. The van der Waals surface area contributed by atoms with Gasteiger partial charge >= 0.3 is 0 Å². The third-order valence-corrected chi connectivity index (χ3v) is 4.17. The second-order valence-corrected chi connectivity index (χ2v) is 6.12. The lowest BCUT2D eigenvalue weighted by atomic mass is 10.1. The Kier molecular flexibility index (Phi) is 6.77. The van der Waals surface area contributed by atoms with E-state index in [1.54, 1.807) is 11.8 Å². The molecule has 1 unspecified atom stereocenters. The topological polar surface area (TPSA) is 84.3 Å². The Hall–Kier alpha value is -1.47. The zero-order valence-corrected chi connectivity index (χ0v) is 13.7. The number of thioether (sulfide) groups is 1. The third kappa shape index (κ3) is 4.78. The van der Waals surface area contributed by atoms with Crippen molar-refractivity contribution in [2.75, 3.05) is 23.9 Å². The molecule has 8 heteroatoms. The van der Waals surface area contributed by atoms with E-state index in [0.717, 1.165) is 11.5 Å². The van der Waals surface area contributed by atoms with Crippen LogP contribution in [-0.2, 0) is 0 Å². The molecule has 1 rings (SSSR count). The van der Waals surface area contributed by atoms with Gasteiger partial charge in [0.15, 0.2) is 0 Å². The first kappa shape index (κ1) is 17.6. The van der Waals surface area contributed by atoms with Crippen molar-refractivity contribution in [2.24, 2.45) is 0 Å². The fourth-order valence-corrected chi connectivity index (χ4v) is 2.74. The molecular weight excluding hydrogens is 314 g/mol. The Bertz CT molecular complexity index is 540. The largest absolute Gasteiger partial charge is 0.381 e. The van der Waals surface area contributed by atoms with Gasteiger partial charge in [-0.15, -0.1) is 0 Å². The number of benzene rings is 1. The molecule has 0 aliphatic heterocycles. The van der Waals surface area contributed by atoms with Gasteiger partial charge in [0.25, 0.3) is 11.6 Å². The van der Waals surface area contributed by atoms with Gasteiger partial charge in [-0.2, -0.15) is 11.8 Å². The number of nitro groups is 1. The van der Waals surface area contributed by atoms with Crippen molar-refractivity contribution in [3.8, 4) is 0 Å². The summed E-state index contributed by atoms with van der Waals surface area (Å²) in [4.78, 5) is 22.6. The van der Waals surface area contributed by atoms with E-state index in [4.69, 9.17) is 11.6 Å². The standard InChI is InChI=1S/C13H18ClN3O3S/c1-4-21-7-8(2)16-13(18)9-5-10(14)12(15-3)11(6-9)17(19)20/h5-6,8,15H,4,7H2,1-3H3,(H,16,18). The molecule has 0 fully saturated rings. The number of carbonyl (C=O) groups is 1. The molecule has 1 aromatic carbocycles. The Morgan fingerprint density at radius 1 is 1.52 bits per heavy atom. The van der Waals surface area contributed by atoms with Crippen LogP contribution in [0.15, 0.2) is 12.1 Å². The van der Waals surface area contributed by atoms with Gasteiger partial charge in [-0.25, -0.2) is 0 Å². The number of hydrogen-bond acceptors (Lipinski definition) is 5. The predicted molar refractivity (Wildman–Crippen MR) is 87.6 cm³/mol. The van der Waals surface area contributed by atoms with Crippen LogP contribution in [0.2, 0.25) is 5.02 Å². The van der Waals surface area contributed by atoms with Crippen LogP contribution in [-0.4, -0.2) is 35.4 Å². The lowest BCUT2D eigenvalue weighted by Crippen LogP contribution is -2.34. The van der Waals surface area contributed by atoms with Crippen LogP contribution in [0.25, 0.3) is 0 Å². The summed E-state index contributed by atoms with van der Waals surface area (Å²) in [7, 11) is 1.54. The second-order valence-electron chi connectivity index (χ2n) is 4.39. The molecule has 1 amide bonds. The molecule has 1 atom stereocenters. The molecule has 0 aliphatic carbocycles. The van der Waals surface area contributed by atoms with E-state index in [2.05, 4.69) is 10.6 Å². The van der Waals surface area contributed by atoms with Crippen molar-refractivity contribution in [1.82, 2.24) is 5.32 Å². The van der Waals surface area contributed by atoms with E-state index in [1.807, 2.05) is 13.8 Å². The summed E-state index contributed by atoms with van der Waals surface area (Å²) < 4.78 is 0. The van der Waals surface area contributed by atoms with Crippen LogP contribution >= 0.6 is 23.4 Å². The molecule has 0 aliphatic rings. The van der Waals surface area contributed by atoms with E-state index in [-0.39, 0.29) is 33.9 Å². The first-order valence-corrected chi connectivity index (χ1v) is 7.98. The first-order valence-electron chi connectivity index (χ1n) is 6.45. The zero-order valence-electron chi connectivity index (χ0n) is 12.1. The molecule has 21 heavy (non-hydrogen) atoms. The minimum Gasteiger partial charge on any atom is -0.381 e. The maximum absolute atomic E-state index is 12.1. The van der Waals surface area contributed by atoms with Crippen molar-refractivity contribution in [3.63, 3.8) is 0 Å². The van der Waals surface area contributed by atoms with Crippen LogP contribution in [0.3, 0.4) is 0 Å². The molecule has 2 N–H and O–H groups in total.